The van der Waals surface area contributed by atoms with Crippen molar-refractivity contribution in [2.45, 2.75) is 13.5 Å². The van der Waals surface area contributed by atoms with Crippen LogP contribution in [0.1, 0.15) is 11.4 Å². The van der Waals surface area contributed by atoms with Crippen LogP contribution in [0.25, 0.3) is 0 Å². The van der Waals surface area contributed by atoms with Crippen molar-refractivity contribution in [2.75, 3.05) is 37.8 Å². The molecule has 1 saturated heterocycles. The quantitative estimate of drug-likeness (QED) is 0.750. The fourth-order valence-corrected chi connectivity index (χ4v) is 3.35. The molecule has 0 radical (unpaired) electrons. The maximum absolute atomic E-state index is 5.38. The van der Waals surface area contributed by atoms with Gasteiger partial charge in [0.1, 0.15) is 0 Å². The Bertz CT molecular complexity index is 297. The normalized spacial score (nSPS) is 17.0. The molecule has 0 saturated carbocycles. The number of hydrogen-bond acceptors (Lipinski definition) is 4. The second-order valence-corrected chi connectivity index (χ2v) is 5.64. The summed E-state index contributed by atoms with van der Waals surface area (Å²) in [5.74, 6) is 0. The summed E-state index contributed by atoms with van der Waals surface area (Å²) in [5.41, 5.74) is 0. The van der Waals surface area contributed by atoms with Crippen LogP contribution in [0.3, 0.4) is 0 Å². The minimum absolute atomic E-state index is 0.368. The molecule has 84 valence electrons. The summed E-state index contributed by atoms with van der Waals surface area (Å²) in [7, 11) is 0. The van der Waals surface area contributed by atoms with Crippen molar-refractivity contribution in [1.29, 1.82) is 0 Å². The van der Waals surface area contributed by atoms with Crippen LogP contribution in [0.5, 0.6) is 0 Å². The van der Waals surface area contributed by atoms with Gasteiger partial charge in [0, 0.05) is 0 Å². The molecule has 4 nitrogen and oxygen atoms in total. The van der Waals surface area contributed by atoms with E-state index in [9.17, 15) is 0 Å². The second-order valence-electron chi connectivity index (χ2n) is 3.35. The first kappa shape index (κ1) is 11.1. The van der Waals surface area contributed by atoms with E-state index < -0.39 is 0 Å². The van der Waals surface area contributed by atoms with Crippen LogP contribution >= 0.6 is 0 Å². The molecule has 1 aliphatic rings. The van der Waals surface area contributed by atoms with Crippen molar-refractivity contribution >= 4 is 19.2 Å². The molecule has 5 heteroatoms. The van der Waals surface area contributed by atoms with Gasteiger partial charge in [-0.2, -0.15) is 0 Å². The predicted octanol–water partition coefficient (Wildman–Crippen LogP) is 0.512. The molecular formula is C10H16N2O2Se. The van der Waals surface area contributed by atoms with E-state index in [1.807, 2.05) is 13.1 Å². The van der Waals surface area contributed by atoms with Gasteiger partial charge < -0.3 is 0 Å². The molecule has 15 heavy (non-hydrogen) atoms. The first-order chi connectivity index (χ1) is 7.40. The Kier molecular flexibility index (Phi) is 4.20. The molecule has 2 heterocycles. The van der Waals surface area contributed by atoms with Crippen LogP contribution in [0.2, 0.25) is 0 Å². The summed E-state index contributed by atoms with van der Waals surface area (Å²) in [6.07, 6.45) is 1.97. The van der Waals surface area contributed by atoms with Crippen LogP contribution < -0.4 is 4.90 Å². The maximum atomic E-state index is 5.38. The topological polar surface area (TPSA) is 34.6 Å². The Morgan fingerprint density at radius 2 is 2.33 bits per heavy atom. The Morgan fingerprint density at radius 1 is 1.53 bits per heavy atom. The number of hydrogen-bond donors (Lipinski definition) is 0. The summed E-state index contributed by atoms with van der Waals surface area (Å²) < 4.78 is 13.3. The number of nitrogens with zero attached hydrogens (tertiary/aromatic N) is 2. The van der Waals surface area contributed by atoms with Gasteiger partial charge in [0.15, 0.2) is 0 Å². The van der Waals surface area contributed by atoms with E-state index in [0.717, 1.165) is 39.5 Å². The average molecular weight is 275 g/mol. The molecule has 1 aromatic rings. The zero-order valence-electron chi connectivity index (χ0n) is 8.94. The Morgan fingerprint density at radius 3 is 3.07 bits per heavy atom. The molecular weight excluding hydrogens is 259 g/mol. The molecule has 0 aromatic carbocycles. The molecule has 0 N–H and O–H groups in total. The molecule has 1 fully saturated rings. The van der Waals surface area contributed by atoms with Crippen LogP contribution in [0.4, 0.5) is 4.69 Å². The predicted molar refractivity (Wildman–Crippen MR) is 59.5 cm³/mol. The monoisotopic (exact) mass is 276 g/mol. The molecule has 0 unspecified atom stereocenters. The van der Waals surface area contributed by atoms with Gasteiger partial charge in [0.2, 0.25) is 0 Å². The fourth-order valence-electron chi connectivity index (χ4n) is 1.47. The molecule has 1 aromatic heterocycles. The van der Waals surface area contributed by atoms with Crippen molar-refractivity contribution in [3.05, 3.63) is 10.6 Å². The molecule has 0 bridgehead atoms. The van der Waals surface area contributed by atoms with Crippen LogP contribution in [0.15, 0.2) is 6.20 Å². The molecule has 0 spiro atoms. The number of ether oxygens (including phenoxy) is 2. The Hall–Kier alpha value is -0.351. The molecule has 0 atom stereocenters. The van der Waals surface area contributed by atoms with E-state index in [2.05, 4.69) is 9.88 Å². The minimum atomic E-state index is 0.368. The van der Waals surface area contributed by atoms with Gasteiger partial charge in [0.05, 0.1) is 0 Å². The summed E-state index contributed by atoms with van der Waals surface area (Å²) in [5, 5.41) is 0. The van der Waals surface area contributed by atoms with Crippen LogP contribution in [-0.2, 0) is 16.1 Å². The number of anilines is 1. The fraction of sp³-hybridized carbons (Fsp3) is 0.700. The van der Waals surface area contributed by atoms with Gasteiger partial charge in [-0.25, -0.2) is 0 Å². The number of aromatic nitrogens is 1. The zero-order chi connectivity index (χ0) is 10.5. The summed E-state index contributed by atoms with van der Waals surface area (Å²) in [6, 6.07) is 0. The second kappa shape index (κ2) is 5.66. The van der Waals surface area contributed by atoms with Gasteiger partial charge in [-0.15, -0.1) is 0 Å². The van der Waals surface area contributed by atoms with Gasteiger partial charge in [-0.05, 0) is 0 Å². The van der Waals surface area contributed by atoms with Gasteiger partial charge in [-0.1, -0.05) is 0 Å². The molecule has 1 aliphatic heterocycles. The van der Waals surface area contributed by atoms with Gasteiger partial charge >= 0.3 is 95.6 Å². The molecule has 0 amide bonds. The van der Waals surface area contributed by atoms with Gasteiger partial charge in [-0.3, -0.25) is 0 Å². The van der Waals surface area contributed by atoms with Crippen molar-refractivity contribution in [3.63, 3.8) is 0 Å². The van der Waals surface area contributed by atoms with E-state index in [1.165, 1.54) is 9.13 Å². The Balaban J connectivity index is 1.93. The van der Waals surface area contributed by atoms with Crippen molar-refractivity contribution in [2.24, 2.45) is 0 Å². The third kappa shape index (κ3) is 3.05. The van der Waals surface area contributed by atoms with Crippen molar-refractivity contribution in [1.82, 2.24) is 4.98 Å². The summed E-state index contributed by atoms with van der Waals surface area (Å²) in [6.45, 7) is 7.17. The third-order valence-electron chi connectivity index (χ3n) is 2.27. The number of morpholine rings is 1. The van der Waals surface area contributed by atoms with Crippen LogP contribution in [0, 0.1) is 0 Å². The van der Waals surface area contributed by atoms with E-state index in [0.29, 0.717) is 14.5 Å². The van der Waals surface area contributed by atoms with E-state index >= 15 is 0 Å². The zero-order valence-corrected chi connectivity index (χ0v) is 10.7. The van der Waals surface area contributed by atoms with Crippen molar-refractivity contribution < 1.29 is 9.47 Å². The van der Waals surface area contributed by atoms with E-state index in [4.69, 9.17) is 9.47 Å². The molecule has 0 aliphatic carbocycles. The Labute approximate surface area is 95.9 Å². The molecule has 2 rings (SSSR count). The van der Waals surface area contributed by atoms with Crippen LogP contribution in [-0.4, -0.2) is 52.4 Å². The van der Waals surface area contributed by atoms with Gasteiger partial charge in [0.25, 0.3) is 0 Å². The standard InChI is InChI=1S/C10H16N2O2Se/c1-2-13-8-9-7-11-10(15-9)12-3-5-14-6-4-12/h7H,2-6,8H2,1H3. The first-order valence-electron chi connectivity index (χ1n) is 5.25. The van der Waals surface area contributed by atoms with E-state index in [-0.39, 0.29) is 0 Å². The summed E-state index contributed by atoms with van der Waals surface area (Å²) >= 11 is 0.368. The number of rotatable bonds is 4. The SMILES string of the molecule is CCOCc1cnc(N2CCOCC2)[se]1. The third-order valence-corrected chi connectivity index (χ3v) is 4.44. The van der Waals surface area contributed by atoms with Crippen molar-refractivity contribution in [3.8, 4) is 0 Å². The summed E-state index contributed by atoms with van der Waals surface area (Å²) in [4.78, 5) is 6.80. The van der Waals surface area contributed by atoms with E-state index in [1.54, 1.807) is 0 Å². The first-order valence-corrected chi connectivity index (χ1v) is 6.96. The average Bonchev–Trinajstić information content (AvgIpc) is 2.76.